The van der Waals surface area contributed by atoms with Gasteiger partial charge in [0.2, 0.25) is 0 Å². The number of esters is 1. The minimum atomic E-state index is -0.558. The molecule has 1 aliphatic carbocycles. The minimum absolute atomic E-state index is 0.0471. The molecule has 1 saturated carbocycles. The van der Waals surface area contributed by atoms with Crippen molar-refractivity contribution >= 4 is 28.0 Å². The molecule has 1 aromatic carbocycles. The molecular weight excluding hydrogens is 342 g/mol. The Labute approximate surface area is 140 Å². The highest BCUT2D eigenvalue weighted by atomic mass is 79.9. The summed E-state index contributed by atoms with van der Waals surface area (Å²) in [5.41, 5.74) is 3.56. The average molecular weight is 362 g/mol. The highest BCUT2D eigenvalue weighted by Crippen LogP contribution is 2.37. The lowest BCUT2D eigenvalue weighted by Gasteiger charge is -2.15. The summed E-state index contributed by atoms with van der Waals surface area (Å²) >= 11 is 3.55. The highest BCUT2D eigenvalue weighted by molar-refractivity contribution is 9.08. The van der Waals surface area contributed by atoms with E-state index in [1.54, 1.807) is 13.0 Å². The number of alkyl halides is 1. The van der Waals surface area contributed by atoms with E-state index in [1.807, 2.05) is 12.1 Å². The predicted molar refractivity (Wildman–Crippen MR) is 90.5 cm³/mol. The van der Waals surface area contributed by atoms with Crippen LogP contribution in [0.2, 0.25) is 0 Å². The normalized spacial score (nSPS) is 15.6. The second-order valence-corrected chi connectivity index (χ2v) is 6.02. The number of nitrogens with zero attached hydrogens (tertiary/aromatic N) is 1. The number of carbonyl (C=O) groups excluding carboxylic acids is 1. The van der Waals surface area contributed by atoms with E-state index < -0.39 is 5.97 Å². The number of halogens is 1. The molecule has 1 fully saturated rings. The van der Waals surface area contributed by atoms with Crippen LogP contribution >= 0.6 is 15.9 Å². The first-order chi connectivity index (χ1) is 10.7. The SMILES string of the molecule is CCOC(=O)/C(C#N)=C/c1ccc(CBr)c(C2CCCC2)c1. The molecule has 0 atom stereocenters. The third kappa shape index (κ3) is 3.98. The van der Waals surface area contributed by atoms with Crippen LogP contribution in [-0.2, 0) is 14.9 Å². The fourth-order valence-electron chi connectivity index (χ4n) is 2.95. The average Bonchev–Trinajstić information content (AvgIpc) is 3.06. The zero-order valence-electron chi connectivity index (χ0n) is 12.8. The molecule has 22 heavy (non-hydrogen) atoms. The third-order valence-electron chi connectivity index (χ3n) is 4.04. The van der Waals surface area contributed by atoms with Crippen molar-refractivity contribution in [2.75, 3.05) is 6.61 Å². The van der Waals surface area contributed by atoms with Crippen molar-refractivity contribution < 1.29 is 9.53 Å². The van der Waals surface area contributed by atoms with E-state index in [1.165, 1.54) is 36.8 Å². The Bertz CT molecular complexity index is 610. The van der Waals surface area contributed by atoms with Crippen molar-refractivity contribution in [2.24, 2.45) is 0 Å². The molecule has 0 unspecified atom stereocenters. The summed E-state index contributed by atoms with van der Waals surface area (Å²) in [4.78, 5) is 11.7. The van der Waals surface area contributed by atoms with Crippen LogP contribution in [0.4, 0.5) is 0 Å². The predicted octanol–water partition coefficient (Wildman–Crippen LogP) is 4.71. The summed E-state index contributed by atoms with van der Waals surface area (Å²) in [7, 11) is 0. The van der Waals surface area contributed by atoms with E-state index in [4.69, 9.17) is 10.00 Å². The Kier molecular flexibility index (Phi) is 6.21. The largest absolute Gasteiger partial charge is 0.462 e. The Morgan fingerprint density at radius 2 is 2.18 bits per heavy atom. The number of rotatable bonds is 5. The zero-order chi connectivity index (χ0) is 15.9. The Morgan fingerprint density at radius 3 is 2.77 bits per heavy atom. The maximum absolute atomic E-state index is 11.7. The van der Waals surface area contributed by atoms with Crippen molar-refractivity contribution in [3.63, 3.8) is 0 Å². The number of carbonyl (C=O) groups is 1. The van der Waals surface area contributed by atoms with Gasteiger partial charge in [-0.05, 0) is 48.4 Å². The van der Waals surface area contributed by atoms with E-state index in [-0.39, 0.29) is 12.2 Å². The first kappa shape index (κ1) is 16.8. The van der Waals surface area contributed by atoms with Gasteiger partial charge in [-0.1, -0.05) is 47.0 Å². The molecule has 0 radical (unpaired) electrons. The number of hydrogen-bond donors (Lipinski definition) is 0. The van der Waals surface area contributed by atoms with Crippen LogP contribution in [0.25, 0.3) is 6.08 Å². The van der Waals surface area contributed by atoms with Crippen LogP contribution in [0.15, 0.2) is 23.8 Å². The molecule has 1 aromatic rings. The molecule has 116 valence electrons. The standard InChI is InChI=1S/C18H20BrNO2/c1-2-22-18(21)16(12-20)9-13-7-8-15(11-19)17(10-13)14-5-3-4-6-14/h7-10,14H,2-6,11H2,1H3/b16-9+. The summed E-state index contributed by atoms with van der Waals surface area (Å²) in [6.07, 6.45) is 6.61. The van der Waals surface area contributed by atoms with Gasteiger partial charge in [-0.2, -0.15) is 5.26 Å². The van der Waals surface area contributed by atoms with Crippen molar-refractivity contribution in [1.29, 1.82) is 5.26 Å². The van der Waals surface area contributed by atoms with E-state index in [0.717, 1.165) is 10.9 Å². The maximum Gasteiger partial charge on any atom is 0.348 e. The molecule has 2 rings (SSSR count). The van der Waals surface area contributed by atoms with Crippen molar-refractivity contribution in [3.05, 3.63) is 40.5 Å². The first-order valence-electron chi connectivity index (χ1n) is 7.67. The van der Waals surface area contributed by atoms with Crippen LogP contribution in [0.5, 0.6) is 0 Å². The molecule has 0 heterocycles. The van der Waals surface area contributed by atoms with Gasteiger partial charge in [0.05, 0.1) is 6.61 Å². The van der Waals surface area contributed by atoms with Crippen LogP contribution in [0, 0.1) is 11.3 Å². The molecule has 4 heteroatoms. The lowest BCUT2D eigenvalue weighted by molar-refractivity contribution is -0.137. The smallest absolute Gasteiger partial charge is 0.348 e. The number of ether oxygens (including phenoxy) is 1. The van der Waals surface area contributed by atoms with E-state index >= 15 is 0 Å². The van der Waals surface area contributed by atoms with Gasteiger partial charge in [0.25, 0.3) is 0 Å². The monoisotopic (exact) mass is 361 g/mol. The quantitative estimate of drug-likeness (QED) is 0.330. The summed E-state index contributed by atoms with van der Waals surface area (Å²) in [5.74, 6) is 0.0333. The zero-order valence-corrected chi connectivity index (χ0v) is 14.4. The molecule has 0 amide bonds. The number of nitriles is 1. The summed E-state index contributed by atoms with van der Waals surface area (Å²) in [6.45, 7) is 2.00. The molecule has 1 aliphatic rings. The van der Waals surface area contributed by atoms with Gasteiger partial charge >= 0.3 is 5.97 Å². The Morgan fingerprint density at radius 1 is 1.45 bits per heavy atom. The lowest BCUT2D eigenvalue weighted by atomic mass is 9.91. The van der Waals surface area contributed by atoms with Gasteiger partial charge in [-0.3, -0.25) is 0 Å². The van der Waals surface area contributed by atoms with Gasteiger partial charge in [-0.15, -0.1) is 0 Å². The molecule has 0 N–H and O–H groups in total. The van der Waals surface area contributed by atoms with E-state index in [0.29, 0.717) is 5.92 Å². The molecule has 0 bridgehead atoms. The summed E-state index contributed by atoms with van der Waals surface area (Å²) in [6, 6.07) is 8.07. The number of benzene rings is 1. The Hall–Kier alpha value is -1.60. The fourth-order valence-corrected chi connectivity index (χ4v) is 3.46. The molecule has 0 spiro atoms. The van der Waals surface area contributed by atoms with E-state index in [9.17, 15) is 4.79 Å². The third-order valence-corrected chi connectivity index (χ3v) is 4.64. The lowest BCUT2D eigenvalue weighted by Crippen LogP contribution is -2.06. The van der Waals surface area contributed by atoms with Gasteiger partial charge in [0.1, 0.15) is 11.6 Å². The molecule has 0 saturated heterocycles. The van der Waals surface area contributed by atoms with Gasteiger partial charge in [0.15, 0.2) is 0 Å². The minimum Gasteiger partial charge on any atom is -0.462 e. The number of hydrogen-bond acceptors (Lipinski definition) is 3. The highest BCUT2D eigenvalue weighted by Gasteiger charge is 2.20. The second-order valence-electron chi connectivity index (χ2n) is 5.46. The van der Waals surface area contributed by atoms with Crippen LogP contribution < -0.4 is 0 Å². The van der Waals surface area contributed by atoms with E-state index in [2.05, 4.69) is 28.1 Å². The van der Waals surface area contributed by atoms with Crippen molar-refractivity contribution in [2.45, 2.75) is 43.9 Å². The molecular formula is C18H20BrNO2. The topological polar surface area (TPSA) is 50.1 Å². The van der Waals surface area contributed by atoms with Gasteiger partial charge in [-0.25, -0.2) is 4.79 Å². The van der Waals surface area contributed by atoms with Crippen molar-refractivity contribution in [3.8, 4) is 6.07 Å². The fraction of sp³-hybridized carbons (Fsp3) is 0.444. The molecule has 0 aliphatic heterocycles. The maximum atomic E-state index is 11.7. The van der Waals surface area contributed by atoms with Crippen LogP contribution in [0.3, 0.4) is 0 Å². The van der Waals surface area contributed by atoms with Gasteiger partial charge < -0.3 is 4.74 Å². The van der Waals surface area contributed by atoms with Crippen LogP contribution in [-0.4, -0.2) is 12.6 Å². The summed E-state index contributed by atoms with van der Waals surface area (Å²) in [5, 5.41) is 9.96. The Balaban J connectivity index is 2.33. The first-order valence-corrected chi connectivity index (χ1v) is 8.79. The van der Waals surface area contributed by atoms with Crippen molar-refractivity contribution in [1.82, 2.24) is 0 Å². The summed E-state index contributed by atoms with van der Waals surface area (Å²) < 4.78 is 4.90. The molecule has 0 aromatic heterocycles. The molecule has 3 nitrogen and oxygen atoms in total. The van der Waals surface area contributed by atoms with Crippen LogP contribution in [0.1, 0.15) is 55.2 Å². The second kappa shape index (κ2) is 8.14. The van der Waals surface area contributed by atoms with Gasteiger partial charge in [0, 0.05) is 5.33 Å².